The Labute approximate surface area is 93.0 Å². The number of nitrogens with zero attached hydrogens (tertiary/aromatic N) is 1. The summed E-state index contributed by atoms with van der Waals surface area (Å²) in [6.07, 6.45) is 2.02. The molecular weight excluding hydrogens is 212 g/mol. The molecule has 0 saturated carbocycles. The zero-order chi connectivity index (χ0) is 10.4. The van der Waals surface area contributed by atoms with Crippen molar-refractivity contribution >= 4 is 28.9 Å². The Bertz CT molecular complexity index is 433. The van der Waals surface area contributed by atoms with Crippen LogP contribution in [0.5, 0.6) is 0 Å². The molecule has 1 aromatic carbocycles. The lowest BCUT2D eigenvalue weighted by Gasteiger charge is -2.32. The molecule has 1 unspecified atom stereocenters. The molecule has 1 fully saturated rings. The fraction of sp³-hybridized carbons (Fsp3) is 0.364. The SMILES string of the molecule is O=C1Nc2ccc(Cl)cc2N2CCCC12. The molecule has 78 valence electrons. The first-order valence-corrected chi connectivity index (χ1v) is 5.50. The molecule has 0 spiro atoms. The second-order valence-corrected chi connectivity index (χ2v) is 4.44. The third kappa shape index (κ3) is 1.30. The second-order valence-electron chi connectivity index (χ2n) is 4.00. The number of halogens is 1. The Balaban J connectivity index is 2.12. The van der Waals surface area contributed by atoms with Crippen LogP contribution in [0.4, 0.5) is 11.4 Å². The summed E-state index contributed by atoms with van der Waals surface area (Å²) in [4.78, 5) is 13.9. The van der Waals surface area contributed by atoms with Crippen LogP contribution < -0.4 is 10.2 Å². The van der Waals surface area contributed by atoms with Gasteiger partial charge in [-0.3, -0.25) is 4.79 Å². The van der Waals surface area contributed by atoms with Crippen molar-refractivity contribution in [1.29, 1.82) is 0 Å². The maximum atomic E-state index is 11.7. The minimum atomic E-state index is 0.0102. The molecule has 1 N–H and O–H groups in total. The van der Waals surface area contributed by atoms with Crippen molar-refractivity contribution in [3.63, 3.8) is 0 Å². The highest BCUT2D eigenvalue weighted by molar-refractivity contribution is 6.31. The summed E-state index contributed by atoms with van der Waals surface area (Å²) >= 11 is 5.96. The molecule has 4 heteroatoms. The molecule has 1 aromatic rings. The minimum absolute atomic E-state index is 0.0102. The van der Waals surface area contributed by atoms with Gasteiger partial charge in [0.25, 0.3) is 0 Å². The average Bonchev–Trinajstić information content (AvgIpc) is 2.69. The van der Waals surface area contributed by atoms with E-state index in [1.165, 1.54) is 0 Å². The van der Waals surface area contributed by atoms with Crippen LogP contribution in [0.25, 0.3) is 0 Å². The largest absolute Gasteiger partial charge is 0.358 e. The molecule has 0 radical (unpaired) electrons. The van der Waals surface area contributed by atoms with Crippen molar-refractivity contribution in [2.24, 2.45) is 0 Å². The van der Waals surface area contributed by atoms with E-state index in [2.05, 4.69) is 10.2 Å². The van der Waals surface area contributed by atoms with Crippen molar-refractivity contribution in [2.75, 3.05) is 16.8 Å². The van der Waals surface area contributed by atoms with Crippen LogP contribution in [0.2, 0.25) is 5.02 Å². The highest BCUT2D eigenvalue weighted by Gasteiger charge is 2.36. The molecule has 0 aliphatic carbocycles. The highest BCUT2D eigenvalue weighted by atomic mass is 35.5. The van der Waals surface area contributed by atoms with E-state index in [9.17, 15) is 4.79 Å². The van der Waals surface area contributed by atoms with Gasteiger partial charge in [-0.15, -0.1) is 0 Å². The smallest absolute Gasteiger partial charge is 0.247 e. The molecule has 3 nitrogen and oxygen atoms in total. The topological polar surface area (TPSA) is 32.3 Å². The van der Waals surface area contributed by atoms with E-state index in [1.807, 2.05) is 12.1 Å². The third-order valence-corrected chi connectivity index (χ3v) is 3.32. The van der Waals surface area contributed by atoms with Gasteiger partial charge in [-0.2, -0.15) is 0 Å². The summed E-state index contributed by atoms with van der Waals surface area (Å²) in [7, 11) is 0. The van der Waals surface area contributed by atoms with Crippen LogP contribution in [0, 0.1) is 0 Å². The van der Waals surface area contributed by atoms with E-state index in [-0.39, 0.29) is 11.9 Å². The van der Waals surface area contributed by atoms with Crippen LogP contribution >= 0.6 is 11.6 Å². The van der Waals surface area contributed by atoms with Gasteiger partial charge in [0.05, 0.1) is 11.4 Å². The van der Waals surface area contributed by atoms with E-state index < -0.39 is 0 Å². The molecule has 3 rings (SSSR count). The Kier molecular flexibility index (Phi) is 1.89. The van der Waals surface area contributed by atoms with Gasteiger partial charge in [0.2, 0.25) is 5.91 Å². The third-order valence-electron chi connectivity index (χ3n) is 3.08. The van der Waals surface area contributed by atoms with E-state index in [0.717, 1.165) is 35.8 Å². The maximum absolute atomic E-state index is 11.7. The summed E-state index contributed by atoms with van der Waals surface area (Å²) in [5.74, 6) is 0.113. The lowest BCUT2D eigenvalue weighted by molar-refractivity contribution is -0.117. The quantitative estimate of drug-likeness (QED) is 0.730. The number of fused-ring (bicyclic) bond motifs is 3. The molecule has 0 bridgehead atoms. The monoisotopic (exact) mass is 222 g/mol. The fourth-order valence-corrected chi connectivity index (χ4v) is 2.56. The van der Waals surface area contributed by atoms with Crippen molar-refractivity contribution in [1.82, 2.24) is 0 Å². The van der Waals surface area contributed by atoms with Gasteiger partial charge in [0, 0.05) is 11.6 Å². The predicted octanol–water partition coefficient (Wildman–Crippen LogP) is 2.26. The summed E-state index contributed by atoms with van der Waals surface area (Å²) in [5.41, 5.74) is 1.94. The van der Waals surface area contributed by atoms with Gasteiger partial charge in [0.15, 0.2) is 0 Å². The van der Waals surface area contributed by atoms with Crippen LogP contribution in [0.3, 0.4) is 0 Å². The maximum Gasteiger partial charge on any atom is 0.247 e. The van der Waals surface area contributed by atoms with E-state index in [1.54, 1.807) is 6.07 Å². The number of benzene rings is 1. The van der Waals surface area contributed by atoms with Gasteiger partial charge >= 0.3 is 0 Å². The number of carbonyl (C=O) groups excluding carboxylic acids is 1. The van der Waals surface area contributed by atoms with Crippen LogP contribution in [-0.4, -0.2) is 18.5 Å². The van der Waals surface area contributed by atoms with Gasteiger partial charge in [-0.25, -0.2) is 0 Å². The van der Waals surface area contributed by atoms with Crippen molar-refractivity contribution in [2.45, 2.75) is 18.9 Å². The normalized spacial score (nSPS) is 23.4. The molecular formula is C11H11ClN2O. The standard InChI is InChI=1S/C11H11ClN2O/c12-7-3-4-8-10(6-7)14-5-1-2-9(14)11(15)13-8/h3-4,6,9H,1-2,5H2,(H,13,15). The first-order valence-electron chi connectivity index (χ1n) is 5.13. The Morgan fingerprint density at radius 1 is 1.47 bits per heavy atom. The summed E-state index contributed by atoms with van der Waals surface area (Å²) in [5, 5.41) is 3.64. The summed E-state index contributed by atoms with van der Waals surface area (Å²) < 4.78 is 0. The zero-order valence-corrected chi connectivity index (χ0v) is 8.92. The number of hydrogen-bond donors (Lipinski definition) is 1. The molecule has 15 heavy (non-hydrogen) atoms. The highest BCUT2D eigenvalue weighted by Crippen LogP contribution is 2.37. The van der Waals surface area contributed by atoms with Gasteiger partial charge < -0.3 is 10.2 Å². The summed E-state index contributed by atoms with van der Waals surface area (Å²) in [6.45, 7) is 0.950. The first kappa shape index (κ1) is 9.04. The lowest BCUT2D eigenvalue weighted by Crippen LogP contribution is -2.43. The van der Waals surface area contributed by atoms with E-state index in [0.29, 0.717) is 0 Å². The van der Waals surface area contributed by atoms with Crippen molar-refractivity contribution < 1.29 is 4.79 Å². The Hall–Kier alpha value is -1.22. The van der Waals surface area contributed by atoms with E-state index >= 15 is 0 Å². The first-order chi connectivity index (χ1) is 7.25. The molecule has 2 aliphatic rings. The van der Waals surface area contributed by atoms with Crippen LogP contribution in [-0.2, 0) is 4.79 Å². The minimum Gasteiger partial charge on any atom is -0.358 e. The second kappa shape index (κ2) is 3.14. The molecule has 1 atom stereocenters. The van der Waals surface area contributed by atoms with E-state index in [4.69, 9.17) is 11.6 Å². The Morgan fingerprint density at radius 3 is 3.20 bits per heavy atom. The van der Waals surface area contributed by atoms with Crippen molar-refractivity contribution in [3.8, 4) is 0 Å². The molecule has 0 aromatic heterocycles. The summed E-state index contributed by atoms with van der Waals surface area (Å²) in [6, 6.07) is 5.60. The number of anilines is 2. The predicted molar refractivity (Wildman–Crippen MR) is 60.4 cm³/mol. The van der Waals surface area contributed by atoms with Gasteiger partial charge in [-0.05, 0) is 31.0 Å². The fourth-order valence-electron chi connectivity index (χ4n) is 2.39. The number of amides is 1. The zero-order valence-electron chi connectivity index (χ0n) is 8.16. The van der Waals surface area contributed by atoms with Crippen LogP contribution in [0.15, 0.2) is 18.2 Å². The Morgan fingerprint density at radius 2 is 2.33 bits per heavy atom. The van der Waals surface area contributed by atoms with Crippen molar-refractivity contribution in [3.05, 3.63) is 23.2 Å². The number of carbonyl (C=O) groups is 1. The molecule has 1 amide bonds. The van der Waals surface area contributed by atoms with Gasteiger partial charge in [0.1, 0.15) is 6.04 Å². The molecule has 1 saturated heterocycles. The molecule has 2 aliphatic heterocycles. The number of nitrogens with one attached hydrogen (secondary N) is 1. The molecule has 2 heterocycles. The lowest BCUT2D eigenvalue weighted by atomic mass is 10.1. The number of hydrogen-bond acceptors (Lipinski definition) is 2. The van der Waals surface area contributed by atoms with Crippen LogP contribution in [0.1, 0.15) is 12.8 Å². The number of rotatable bonds is 0. The van der Waals surface area contributed by atoms with Gasteiger partial charge in [-0.1, -0.05) is 11.6 Å². The average molecular weight is 223 g/mol.